The molecule has 0 spiro atoms. The van der Waals surface area contributed by atoms with Crippen LogP contribution in [0, 0.1) is 0 Å². The summed E-state index contributed by atoms with van der Waals surface area (Å²) in [6, 6.07) is 5.52. The number of fused-ring (bicyclic) bond motifs is 4. The van der Waals surface area contributed by atoms with Crippen molar-refractivity contribution in [1.82, 2.24) is 29.6 Å². The quantitative estimate of drug-likeness (QED) is 0.202. The second-order valence-corrected chi connectivity index (χ2v) is 18.3. The van der Waals surface area contributed by atoms with E-state index in [-0.39, 0.29) is 18.1 Å². The van der Waals surface area contributed by atoms with Crippen molar-refractivity contribution >= 4 is 53.7 Å². The Hall–Kier alpha value is -3.15. The van der Waals surface area contributed by atoms with Gasteiger partial charge in [0, 0.05) is 68.8 Å². The molecular formula is C28H36ClN7O3Si. The SMILES string of the molecule is Cn1cc2c(Cl)c(-c3cn(COCC[Si](C)(C)C)c4nc(N5[C@@H]6CC[C@H]5C[C@@H](NC(=O)O)C6)cnc34)ccc2n1. The van der Waals surface area contributed by atoms with Crippen molar-refractivity contribution in [3.63, 3.8) is 0 Å². The molecule has 2 aliphatic rings. The van der Waals surface area contributed by atoms with Crippen molar-refractivity contribution in [2.75, 3.05) is 11.5 Å². The lowest BCUT2D eigenvalue weighted by atomic mass is 9.97. The Balaban J connectivity index is 1.37. The number of aryl methyl sites for hydroxylation is 1. The minimum atomic E-state index is -1.22. The number of benzene rings is 1. The third-order valence-electron chi connectivity index (χ3n) is 8.13. The van der Waals surface area contributed by atoms with Gasteiger partial charge < -0.3 is 24.6 Å². The van der Waals surface area contributed by atoms with E-state index in [2.05, 4.69) is 35.0 Å². The number of amides is 1. The molecule has 3 atom stereocenters. The highest BCUT2D eigenvalue weighted by Crippen LogP contribution is 2.41. The molecule has 0 aliphatic carbocycles. The van der Waals surface area contributed by atoms with Gasteiger partial charge in [-0.05, 0) is 37.8 Å². The second kappa shape index (κ2) is 10.4. The number of aromatic nitrogens is 5. The summed E-state index contributed by atoms with van der Waals surface area (Å²) < 4.78 is 9.96. The first-order chi connectivity index (χ1) is 19.1. The van der Waals surface area contributed by atoms with Crippen molar-refractivity contribution in [2.24, 2.45) is 7.05 Å². The van der Waals surface area contributed by atoms with Gasteiger partial charge in [0.25, 0.3) is 0 Å². The van der Waals surface area contributed by atoms with Crippen molar-refractivity contribution in [1.29, 1.82) is 0 Å². The third-order valence-corrected chi connectivity index (χ3v) is 10.2. The summed E-state index contributed by atoms with van der Waals surface area (Å²) in [5.41, 5.74) is 4.17. The van der Waals surface area contributed by atoms with Crippen molar-refractivity contribution in [2.45, 2.75) is 76.2 Å². The fourth-order valence-corrected chi connectivity index (χ4v) is 7.30. The molecule has 2 saturated heterocycles. The highest BCUT2D eigenvalue weighted by atomic mass is 35.5. The lowest BCUT2D eigenvalue weighted by Crippen LogP contribution is -2.50. The topological polar surface area (TPSA) is 110 Å². The van der Waals surface area contributed by atoms with Crippen molar-refractivity contribution in [3.8, 4) is 11.1 Å². The van der Waals surface area contributed by atoms with Gasteiger partial charge in [-0.25, -0.2) is 14.8 Å². The lowest BCUT2D eigenvalue weighted by Gasteiger charge is -2.39. The van der Waals surface area contributed by atoms with Crippen LogP contribution in [0.2, 0.25) is 30.7 Å². The van der Waals surface area contributed by atoms with Crippen LogP contribution in [0.1, 0.15) is 25.7 Å². The Kier molecular flexibility index (Phi) is 7.00. The molecule has 0 radical (unpaired) electrons. The number of piperidine rings is 1. The molecule has 40 heavy (non-hydrogen) atoms. The van der Waals surface area contributed by atoms with Crippen LogP contribution in [-0.2, 0) is 18.5 Å². The maximum absolute atomic E-state index is 11.2. The summed E-state index contributed by atoms with van der Waals surface area (Å²) >= 11 is 6.93. The average molecular weight is 582 g/mol. The number of carbonyl (C=O) groups is 1. The monoisotopic (exact) mass is 581 g/mol. The molecule has 1 aromatic carbocycles. The van der Waals surface area contributed by atoms with E-state index < -0.39 is 14.2 Å². The predicted molar refractivity (Wildman–Crippen MR) is 160 cm³/mol. The zero-order valence-corrected chi connectivity index (χ0v) is 25.1. The molecule has 3 aromatic heterocycles. The Morgan fingerprint density at radius 1 is 1.18 bits per heavy atom. The summed E-state index contributed by atoms with van der Waals surface area (Å²) in [5, 5.41) is 17.9. The normalized spacial score (nSPS) is 21.0. The van der Waals surface area contributed by atoms with Crippen molar-refractivity contribution < 1.29 is 14.6 Å². The Bertz CT molecular complexity index is 1570. The number of hydrogen-bond acceptors (Lipinski definition) is 6. The highest BCUT2D eigenvalue weighted by molar-refractivity contribution is 6.76. The largest absolute Gasteiger partial charge is 0.465 e. The lowest BCUT2D eigenvalue weighted by molar-refractivity contribution is 0.0899. The molecule has 5 heterocycles. The number of carboxylic acid groups (broad SMARTS) is 1. The standard InChI is InChI=1S/C28H36ClN7O3Si/c1-34-14-22-23(33-34)8-7-20(25(22)29)21-15-35(16-39-9-10-40(2,3)4)27-26(21)30-13-24(32-27)36-18-5-6-19(36)12-17(11-18)31-28(37)38/h7-8,13-15,17-19,31H,5-6,9-12,16H2,1-4H3,(H,37,38)/t17-,18+,19-. The number of anilines is 1. The minimum absolute atomic E-state index is 0.0253. The average Bonchev–Trinajstić information content (AvgIpc) is 3.52. The molecule has 6 rings (SSSR count). The Morgan fingerprint density at radius 3 is 2.62 bits per heavy atom. The Morgan fingerprint density at radius 2 is 1.93 bits per heavy atom. The van der Waals surface area contributed by atoms with E-state index in [1.807, 2.05) is 42.3 Å². The van der Waals surface area contributed by atoms with Crippen LogP contribution in [0.3, 0.4) is 0 Å². The smallest absolute Gasteiger partial charge is 0.404 e. The molecule has 4 aromatic rings. The van der Waals surface area contributed by atoms with Crippen LogP contribution in [0.4, 0.5) is 10.6 Å². The van der Waals surface area contributed by atoms with Crippen LogP contribution in [0.15, 0.2) is 30.7 Å². The number of ether oxygens (including phenoxy) is 1. The van der Waals surface area contributed by atoms with Gasteiger partial charge in [0.15, 0.2) is 5.65 Å². The number of rotatable bonds is 8. The molecule has 2 N–H and O–H groups in total. The highest BCUT2D eigenvalue weighted by Gasteiger charge is 2.42. The third kappa shape index (κ3) is 5.17. The van der Waals surface area contributed by atoms with E-state index >= 15 is 0 Å². The summed E-state index contributed by atoms with van der Waals surface area (Å²) in [4.78, 5) is 23.7. The summed E-state index contributed by atoms with van der Waals surface area (Å²) in [5.74, 6) is 0.829. The van der Waals surface area contributed by atoms with Crippen LogP contribution < -0.4 is 10.2 Å². The number of nitrogens with zero attached hydrogens (tertiary/aromatic N) is 6. The summed E-state index contributed by atoms with van der Waals surface area (Å²) in [6.45, 7) is 8.11. The van der Waals surface area contributed by atoms with E-state index in [1.165, 1.54) is 0 Å². The molecular weight excluding hydrogens is 546 g/mol. The van der Waals surface area contributed by atoms with E-state index in [0.29, 0.717) is 18.4 Å². The molecule has 0 unspecified atom stereocenters. The van der Waals surface area contributed by atoms with Gasteiger partial charge in [-0.15, -0.1) is 0 Å². The van der Waals surface area contributed by atoms with Gasteiger partial charge in [-0.2, -0.15) is 5.10 Å². The first-order valence-corrected chi connectivity index (χ1v) is 18.0. The van der Waals surface area contributed by atoms with Gasteiger partial charge in [-0.3, -0.25) is 4.68 Å². The molecule has 12 heteroatoms. The molecule has 0 saturated carbocycles. The predicted octanol–water partition coefficient (Wildman–Crippen LogP) is 5.72. The van der Waals surface area contributed by atoms with Gasteiger partial charge in [0.1, 0.15) is 18.1 Å². The summed E-state index contributed by atoms with van der Waals surface area (Å²) in [7, 11) is 0.669. The van der Waals surface area contributed by atoms with E-state index in [4.69, 9.17) is 26.3 Å². The van der Waals surface area contributed by atoms with E-state index in [1.54, 1.807) is 4.68 Å². The molecule has 2 aliphatic heterocycles. The zero-order valence-electron chi connectivity index (χ0n) is 23.4. The maximum atomic E-state index is 11.2. The fourth-order valence-electron chi connectivity index (χ4n) is 6.23. The molecule has 1 amide bonds. The molecule has 10 nitrogen and oxygen atoms in total. The summed E-state index contributed by atoms with van der Waals surface area (Å²) in [6.07, 6.45) is 8.47. The maximum Gasteiger partial charge on any atom is 0.404 e. The van der Waals surface area contributed by atoms with Crippen LogP contribution in [0.25, 0.3) is 33.2 Å². The Labute approximate surface area is 239 Å². The number of nitrogens with one attached hydrogen (secondary N) is 1. The van der Waals surface area contributed by atoms with Gasteiger partial charge in [-0.1, -0.05) is 37.3 Å². The molecule has 2 bridgehead atoms. The number of halogens is 1. The van der Waals surface area contributed by atoms with Crippen LogP contribution in [0.5, 0.6) is 0 Å². The van der Waals surface area contributed by atoms with Gasteiger partial charge >= 0.3 is 6.09 Å². The number of hydrogen-bond donors (Lipinski definition) is 2. The van der Waals surface area contributed by atoms with E-state index in [0.717, 1.165) is 70.7 Å². The second-order valence-electron chi connectivity index (χ2n) is 12.3. The first kappa shape index (κ1) is 27.0. The molecule has 2 fully saturated rings. The van der Waals surface area contributed by atoms with Crippen LogP contribution >= 0.6 is 11.6 Å². The van der Waals surface area contributed by atoms with E-state index in [9.17, 15) is 9.90 Å². The molecule has 212 valence electrons. The minimum Gasteiger partial charge on any atom is -0.465 e. The zero-order chi connectivity index (χ0) is 28.2. The van der Waals surface area contributed by atoms with Crippen LogP contribution in [-0.4, -0.2) is 68.3 Å². The van der Waals surface area contributed by atoms with Gasteiger partial charge in [0.05, 0.1) is 16.7 Å². The first-order valence-electron chi connectivity index (χ1n) is 13.9. The van der Waals surface area contributed by atoms with Crippen molar-refractivity contribution in [3.05, 3.63) is 35.7 Å². The van der Waals surface area contributed by atoms with Gasteiger partial charge in [0.2, 0.25) is 0 Å². The fraction of sp³-hybridized carbons (Fsp3) is 0.500.